The molecule has 0 unspecified atom stereocenters. The van der Waals surface area contributed by atoms with Gasteiger partial charge >= 0.3 is 11.9 Å². The van der Waals surface area contributed by atoms with E-state index in [0.29, 0.717) is 5.56 Å². The Morgan fingerprint density at radius 1 is 1.00 bits per heavy atom. The summed E-state index contributed by atoms with van der Waals surface area (Å²) in [4.78, 5) is 61.6. The summed E-state index contributed by atoms with van der Waals surface area (Å²) in [7, 11) is 0. The Hall–Kier alpha value is -3.93. The first kappa shape index (κ1) is 24.3. The monoisotopic (exact) mass is 447 g/mol. The molecule has 32 heavy (non-hydrogen) atoms. The second-order valence-electron chi connectivity index (χ2n) is 7.23. The van der Waals surface area contributed by atoms with E-state index in [1.165, 1.54) is 0 Å². The van der Waals surface area contributed by atoms with Crippen molar-refractivity contribution < 1.29 is 34.2 Å². The zero-order valence-corrected chi connectivity index (χ0v) is 17.0. The normalized spacial score (nSPS) is 13.7. The fraction of sp³-hybridized carbons (Fsp3) is 0.350. The van der Waals surface area contributed by atoms with Crippen LogP contribution in [0.5, 0.6) is 0 Å². The summed E-state index contributed by atoms with van der Waals surface area (Å²) < 4.78 is 0. The van der Waals surface area contributed by atoms with Crippen LogP contribution in [0.1, 0.15) is 24.8 Å². The number of aromatic amines is 1. The van der Waals surface area contributed by atoms with Crippen molar-refractivity contribution in [1.29, 1.82) is 0 Å². The molecule has 2 rings (SSSR count). The zero-order valence-electron chi connectivity index (χ0n) is 17.0. The number of carbonyl (C=O) groups is 5. The first-order valence-electron chi connectivity index (χ1n) is 9.72. The van der Waals surface area contributed by atoms with Crippen LogP contribution in [0.4, 0.5) is 0 Å². The van der Waals surface area contributed by atoms with E-state index in [9.17, 15) is 29.1 Å². The van der Waals surface area contributed by atoms with Crippen molar-refractivity contribution in [2.75, 3.05) is 0 Å². The molecule has 3 atom stereocenters. The number of hydrogen-bond acceptors (Lipinski definition) is 6. The van der Waals surface area contributed by atoms with Gasteiger partial charge in [-0.2, -0.15) is 0 Å². The molecule has 0 aliphatic carbocycles. The molecule has 2 aromatic rings. The number of hydrogen-bond donors (Lipinski definition) is 7. The van der Waals surface area contributed by atoms with E-state index >= 15 is 0 Å². The van der Waals surface area contributed by atoms with Gasteiger partial charge in [-0.1, -0.05) is 18.2 Å². The lowest BCUT2D eigenvalue weighted by Gasteiger charge is -2.22. The van der Waals surface area contributed by atoms with Crippen LogP contribution >= 0.6 is 0 Å². The Kier molecular flexibility index (Phi) is 8.30. The SMILES string of the molecule is NC(=O)CC[C@H](N)C(=O)N[C@@H](CC(=O)O)C(=O)N[C@@H](Cc1c[nH]c2ccccc12)C(=O)O. The molecule has 0 bridgehead atoms. The number of rotatable bonds is 12. The first-order chi connectivity index (χ1) is 15.1. The van der Waals surface area contributed by atoms with Crippen molar-refractivity contribution in [3.63, 3.8) is 0 Å². The van der Waals surface area contributed by atoms with E-state index in [2.05, 4.69) is 15.6 Å². The van der Waals surface area contributed by atoms with E-state index in [4.69, 9.17) is 16.6 Å². The number of carboxylic acids is 2. The molecule has 1 heterocycles. The number of carbonyl (C=O) groups excluding carboxylic acids is 3. The number of para-hydroxylation sites is 1. The number of H-pyrrole nitrogens is 1. The maximum Gasteiger partial charge on any atom is 0.326 e. The summed E-state index contributed by atoms with van der Waals surface area (Å²) in [5.74, 6) is -5.25. The van der Waals surface area contributed by atoms with E-state index < -0.39 is 54.2 Å². The van der Waals surface area contributed by atoms with Gasteiger partial charge in [-0.3, -0.25) is 19.2 Å². The summed E-state index contributed by atoms with van der Waals surface area (Å²) in [6.07, 6.45) is 0.495. The highest BCUT2D eigenvalue weighted by atomic mass is 16.4. The van der Waals surface area contributed by atoms with Gasteiger partial charge in [0.2, 0.25) is 17.7 Å². The summed E-state index contributed by atoms with van der Waals surface area (Å²) >= 11 is 0. The predicted octanol–water partition coefficient (Wildman–Crippen LogP) is -1.17. The van der Waals surface area contributed by atoms with Crippen LogP contribution in [0, 0.1) is 0 Å². The van der Waals surface area contributed by atoms with Crippen molar-refractivity contribution in [3.8, 4) is 0 Å². The van der Waals surface area contributed by atoms with Gasteiger partial charge in [-0.25, -0.2) is 4.79 Å². The molecule has 9 N–H and O–H groups in total. The Morgan fingerprint density at radius 3 is 2.28 bits per heavy atom. The average Bonchev–Trinajstić information content (AvgIpc) is 3.13. The number of primary amides is 1. The fourth-order valence-corrected chi connectivity index (χ4v) is 3.08. The van der Waals surface area contributed by atoms with Crippen molar-refractivity contribution >= 4 is 40.6 Å². The summed E-state index contributed by atoms with van der Waals surface area (Å²) in [5, 5.41) is 23.9. The minimum Gasteiger partial charge on any atom is -0.481 e. The lowest BCUT2D eigenvalue weighted by molar-refractivity contribution is -0.143. The van der Waals surface area contributed by atoms with Crippen LogP contribution in [-0.4, -0.2) is 63.0 Å². The highest BCUT2D eigenvalue weighted by Gasteiger charge is 2.30. The molecule has 0 saturated heterocycles. The second-order valence-corrected chi connectivity index (χ2v) is 7.23. The van der Waals surface area contributed by atoms with Gasteiger partial charge < -0.3 is 37.3 Å². The smallest absolute Gasteiger partial charge is 0.326 e. The van der Waals surface area contributed by atoms with Crippen LogP contribution in [0.2, 0.25) is 0 Å². The number of fused-ring (bicyclic) bond motifs is 1. The van der Waals surface area contributed by atoms with E-state index in [0.717, 1.165) is 10.9 Å². The number of nitrogens with one attached hydrogen (secondary N) is 3. The molecule has 1 aromatic carbocycles. The molecule has 12 nitrogen and oxygen atoms in total. The predicted molar refractivity (Wildman–Crippen MR) is 112 cm³/mol. The van der Waals surface area contributed by atoms with Gasteiger partial charge in [0.1, 0.15) is 12.1 Å². The number of nitrogens with two attached hydrogens (primary N) is 2. The Labute approximate surface area is 182 Å². The maximum atomic E-state index is 12.6. The number of aromatic nitrogens is 1. The maximum absolute atomic E-state index is 12.6. The molecule has 12 heteroatoms. The minimum atomic E-state index is -1.57. The number of carboxylic acid groups (broad SMARTS) is 2. The van der Waals surface area contributed by atoms with Crippen molar-refractivity contribution in [1.82, 2.24) is 15.6 Å². The lowest BCUT2D eigenvalue weighted by Crippen LogP contribution is -2.55. The van der Waals surface area contributed by atoms with Crippen LogP contribution < -0.4 is 22.1 Å². The molecular formula is C20H25N5O7. The number of benzene rings is 1. The minimum absolute atomic E-state index is 0.0725. The topological polar surface area (TPSA) is 218 Å². The van der Waals surface area contributed by atoms with Gasteiger partial charge in [0.25, 0.3) is 0 Å². The van der Waals surface area contributed by atoms with E-state index in [1.54, 1.807) is 18.3 Å². The van der Waals surface area contributed by atoms with Crippen molar-refractivity contribution in [3.05, 3.63) is 36.0 Å². The number of amides is 3. The van der Waals surface area contributed by atoms with Crippen LogP contribution in [0.25, 0.3) is 10.9 Å². The van der Waals surface area contributed by atoms with Crippen LogP contribution in [0.3, 0.4) is 0 Å². The number of aliphatic carboxylic acids is 2. The van der Waals surface area contributed by atoms with Gasteiger partial charge in [-0.15, -0.1) is 0 Å². The van der Waals surface area contributed by atoms with Gasteiger partial charge in [0, 0.05) is 29.9 Å². The summed E-state index contributed by atoms with van der Waals surface area (Å²) in [5.41, 5.74) is 12.1. The van der Waals surface area contributed by atoms with Crippen LogP contribution in [0.15, 0.2) is 30.5 Å². The molecule has 0 radical (unpaired) electrons. The molecule has 0 aliphatic heterocycles. The largest absolute Gasteiger partial charge is 0.481 e. The van der Waals surface area contributed by atoms with Crippen molar-refractivity contribution in [2.45, 2.75) is 43.8 Å². The van der Waals surface area contributed by atoms with Crippen molar-refractivity contribution in [2.24, 2.45) is 11.5 Å². The molecule has 3 amide bonds. The third-order valence-electron chi connectivity index (χ3n) is 4.76. The molecule has 1 aromatic heterocycles. The third kappa shape index (κ3) is 6.80. The zero-order chi connectivity index (χ0) is 23.8. The molecule has 0 fully saturated rings. The molecule has 0 aliphatic rings. The first-order valence-corrected chi connectivity index (χ1v) is 9.72. The Morgan fingerprint density at radius 2 is 1.66 bits per heavy atom. The summed E-state index contributed by atoms with van der Waals surface area (Å²) in [6.45, 7) is 0. The highest BCUT2D eigenvalue weighted by molar-refractivity contribution is 5.94. The quantitative estimate of drug-likeness (QED) is 0.210. The Balaban J connectivity index is 2.11. The van der Waals surface area contributed by atoms with E-state index in [-0.39, 0.29) is 19.3 Å². The molecule has 172 valence electrons. The van der Waals surface area contributed by atoms with Gasteiger partial charge in [0.05, 0.1) is 12.5 Å². The standard InChI is InChI=1S/C20H25N5O7/c21-12(5-6-16(22)26)18(29)24-14(8-17(27)28)19(30)25-15(20(31)32)7-10-9-23-13-4-2-1-3-11(10)13/h1-4,9,12,14-15,23H,5-8,21H2,(H2,22,26)(H,24,29)(H,25,30)(H,27,28)(H,31,32)/t12-,14-,15-/m0/s1. The van der Waals surface area contributed by atoms with Gasteiger partial charge in [-0.05, 0) is 18.1 Å². The molecular weight excluding hydrogens is 422 g/mol. The lowest BCUT2D eigenvalue weighted by atomic mass is 10.0. The highest BCUT2D eigenvalue weighted by Crippen LogP contribution is 2.19. The Bertz CT molecular complexity index is 1020. The fourth-order valence-electron chi connectivity index (χ4n) is 3.08. The average molecular weight is 447 g/mol. The second kappa shape index (κ2) is 10.9. The van der Waals surface area contributed by atoms with Crippen LogP contribution in [-0.2, 0) is 30.4 Å². The molecule has 0 spiro atoms. The summed E-state index contributed by atoms with van der Waals surface area (Å²) in [6, 6.07) is 3.06. The van der Waals surface area contributed by atoms with Gasteiger partial charge in [0.15, 0.2) is 0 Å². The molecule has 0 saturated carbocycles. The van der Waals surface area contributed by atoms with E-state index in [1.807, 2.05) is 12.1 Å². The third-order valence-corrected chi connectivity index (χ3v) is 4.76.